The molecule has 0 amide bonds. The van der Waals surface area contributed by atoms with Crippen molar-refractivity contribution in [3.05, 3.63) is 30.1 Å². The Morgan fingerprint density at radius 3 is 2.59 bits per heavy atom. The topological polar surface area (TPSA) is 53.4 Å². The average molecular weight is 234 g/mol. The predicted molar refractivity (Wildman–Crippen MR) is 64.9 cm³/mol. The van der Waals surface area contributed by atoms with E-state index in [4.69, 9.17) is 0 Å². The fourth-order valence-corrected chi connectivity index (χ4v) is 2.35. The molecule has 1 aromatic heterocycles. The first kappa shape index (κ1) is 12.0. The number of hydrogen-bond donors (Lipinski definition) is 1. The lowest BCUT2D eigenvalue weighted by Gasteiger charge is -2.18. The van der Waals surface area contributed by atoms with E-state index in [1.165, 1.54) is 12.8 Å². The van der Waals surface area contributed by atoms with Gasteiger partial charge in [-0.15, -0.1) is 0 Å². The fourth-order valence-electron chi connectivity index (χ4n) is 2.35. The zero-order chi connectivity index (χ0) is 12.1. The van der Waals surface area contributed by atoms with E-state index in [-0.39, 0.29) is 0 Å². The molecule has 0 saturated carbocycles. The molecule has 4 nitrogen and oxygen atoms in total. The third kappa shape index (κ3) is 3.27. The normalized spacial score (nSPS) is 18.1. The quantitative estimate of drug-likeness (QED) is 0.843. The summed E-state index contributed by atoms with van der Waals surface area (Å²) < 4.78 is 0. The van der Waals surface area contributed by atoms with Crippen LogP contribution >= 0.6 is 0 Å². The van der Waals surface area contributed by atoms with Gasteiger partial charge >= 0.3 is 5.97 Å². The van der Waals surface area contributed by atoms with E-state index in [1.807, 2.05) is 0 Å². The second kappa shape index (κ2) is 5.77. The molecule has 0 aromatic carbocycles. The molecule has 1 saturated heterocycles. The first-order chi connectivity index (χ1) is 8.27. The monoisotopic (exact) mass is 234 g/mol. The van der Waals surface area contributed by atoms with Crippen molar-refractivity contribution in [3.8, 4) is 0 Å². The molecule has 1 atom stereocenters. The zero-order valence-corrected chi connectivity index (χ0v) is 9.88. The number of carbonyl (C=O) groups is 1. The van der Waals surface area contributed by atoms with Gasteiger partial charge in [-0.1, -0.05) is 0 Å². The first-order valence-corrected chi connectivity index (χ1v) is 6.12. The lowest BCUT2D eigenvalue weighted by atomic mass is 9.97. The highest BCUT2D eigenvalue weighted by molar-refractivity contribution is 5.75. The molecule has 2 rings (SSSR count). The maximum atomic E-state index is 11.3. The molecule has 1 aliphatic rings. The Hall–Kier alpha value is -1.42. The summed E-state index contributed by atoms with van der Waals surface area (Å²) in [7, 11) is 0. The van der Waals surface area contributed by atoms with Gasteiger partial charge < -0.3 is 10.0 Å². The number of nitrogens with zero attached hydrogens (tertiary/aromatic N) is 2. The lowest BCUT2D eigenvalue weighted by molar-refractivity contribution is -0.139. The molecule has 1 aliphatic heterocycles. The van der Waals surface area contributed by atoms with Crippen molar-refractivity contribution in [1.29, 1.82) is 0 Å². The molecule has 4 heteroatoms. The number of carboxylic acid groups (broad SMARTS) is 1. The van der Waals surface area contributed by atoms with E-state index in [1.54, 1.807) is 24.5 Å². The SMILES string of the molecule is O=C(O)C(CCN1CCCC1)c1ccncc1. The van der Waals surface area contributed by atoms with Crippen LogP contribution < -0.4 is 0 Å². The van der Waals surface area contributed by atoms with E-state index in [9.17, 15) is 9.90 Å². The van der Waals surface area contributed by atoms with Crippen LogP contribution in [0.2, 0.25) is 0 Å². The Morgan fingerprint density at radius 1 is 1.35 bits per heavy atom. The fraction of sp³-hybridized carbons (Fsp3) is 0.538. The van der Waals surface area contributed by atoms with Gasteiger partial charge in [0, 0.05) is 12.4 Å². The second-order valence-electron chi connectivity index (χ2n) is 4.51. The minimum Gasteiger partial charge on any atom is -0.481 e. The number of likely N-dealkylation sites (tertiary alicyclic amines) is 1. The van der Waals surface area contributed by atoms with Gasteiger partial charge in [-0.3, -0.25) is 9.78 Å². The molecule has 2 heterocycles. The average Bonchev–Trinajstić information content (AvgIpc) is 2.83. The largest absolute Gasteiger partial charge is 0.481 e. The Morgan fingerprint density at radius 2 is 2.00 bits per heavy atom. The molecular formula is C13H18N2O2. The zero-order valence-electron chi connectivity index (χ0n) is 9.88. The van der Waals surface area contributed by atoms with Crippen molar-refractivity contribution < 1.29 is 9.90 Å². The molecule has 92 valence electrons. The molecule has 1 aromatic rings. The highest BCUT2D eigenvalue weighted by Gasteiger charge is 2.21. The molecule has 1 fully saturated rings. The molecule has 17 heavy (non-hydrogen) atoms. The molecule has 0 aliphatic carbocycles. The molecule has 0 radical (unpaired) electrons. The van der Waals surface area contributed by atoms with Gasteiger partial charge in [-0.05, 0) is 56.6 Å². The van der Waals surface area contributed by atoms with Crippen LogP contribution in [0.25, 0.3) is 0 Å². The molecule has 1 unspecified atom stereocenters. The number of carboxylic acids is 1. The van der Waals surface area contributed by atoms with Crippen LogP contribution in [0.15, 0.2) is 24.5 Å². The van der Waals surface area contributed by atoms with Gasteiger partial charge in [0.2, 0.25) is 0 Å². The van der Waals surface area contributed by atoms with E-state index < -0.39 is 11.9 Å². The van der Waals surface area contributed by atoms with Gasteiger partial charge in [-0.2, -0.15) is 0 Å². The van der Waals surface area contributed by atoms with Crippen molar-refractivity contribution in [3.63, 3.8) is 0 Å². The van der Waals surface area contributed by atoms with Crippen LogP contribution in [-0.4, -0.2) is 40.6 Å². The summed E-state index contributed by atoms with van der Waals surface area (Å²) in [6.07, 6.45) is 6.47. The summed E-state index contributed by atoms with van der Waals surface area (Å²) in [6.45, 7) is 3.10. The maximum Gasteiger partial charge on any atom is 0.311 e. The Kier molecular flexibility index (Phi) is 4.09. The lowest BCUT2D eigenvalue weighted by Crippen LogP contribution is -2.24. The second-order valence-corrected chi connectivity index (χ2v) is 4.51. The number of aromatic nitrogens is 1. The molecule has 0 spiro atoms. The van der Waals surface area contributed by atoms with E-state index in [0.717, 1.165) is 25.2 Å². The number of rotatable bonds is 5. The van der Waals surface area contributed by atoms with Gasteiger partial charge in [0.15, 0.2) is 0 Å². The van der Waals surface area contributed by atoms with E-state index in [2.05, 4.69) is 9.88 Å². The standard InChI is InChI=1S/C13H18N2O2/c16-13(17)12(11-3-6-14-7-4-11)5-10-15-8-1-2-9-15/h3-4,6-7,12H,1-2,5,8-10H2,(H,16,17). The van der Waals surface area contributed by atoms with Crippen molar-refractivity contribution in [2.75, 3.05) is 19.6 Å². The predicted octanol–water partition coefficient (Wildman–Crippen LogP) is 1.74. The van der Waals surface area contributed by atoms with Gasteiger partial charge in [-0.25, -0.2) is 0 Å². The van der Waals surface area contributed by atoms with Crippen LogP contribution in [0.4, 0.5) is 0 Å². The number of hydrogen-bond acceptors (Lipinski definition) is 3. The third-order valence-corrected chi connectivity index (χ3v) is 3.34. The van der Waals surface area contributed by atoms with Crippen molar-refractivity contribution in [1.82, 2.24) is 9.88 Å². The summed E-state index contributed by atoms with van der Waals surface area (Å²) in [4.78, 5) is 17.5. The Bertz CT molecular complexity index is 361. The van der Waals surface area contributed by atoms with E-state index >= 15 is 0 Å². The molecular weight excluding hydrogens is 216 g/mol. The summed E-state index contributed by atoms with van der Waals surface area (Å²) in [5.41, 5.74) is 0.853. The number of aliphatic carboxylic acids is 1. The van der Waals surface area contributed by atoms with Crippen LogP contribution in [-0.2, 0) is 4.79 Å². The van der Waals surface area contributed by atoms with Crippen molar-refractivity contribution in [2.24, 2.45) is 0 Å². The number of pyridine rings is 1. The smallest absolute Gasteiger partial charge is 0.311 e. The van der Waals surface area contributed by atoms with Crippen molar-refractivity contribution >= 4 is 5.97 Å². The van der Waals surface area contributed by atoms with Crippen molar-refractivity contribution in [2.45, 2.75) is 25.2 Å². The van der Waals surface area contributed by atoms with Gasteiger partial charge in [0.05, 0.1) is 5.92 Å². The summed E-state index contributed by atoms with van der Waals surface area (Å²) in [5.74, 6) is -1.14. The Labute approximate surface area is 101 Å². The summed E-state index contributed by atoms with van der Waals surface area (Å²) in [5, 5.41) is 9.26. The molecule has 0 bridgehead atoms. The van der Waals surface area contributed by atoms with Crippen LogP contribution in [0.5, 0.6) is 0 Å². The maximum absolute atomic E-state index is 11.3. The highest BCUT2D eigenvalue weighted by Crippen LogP contribution is 2.20. The Balaban J connectivity index is 1.95. The minimum absolute atomic E-state index is 0.404. The van der Waals surface area contributed by atoms with Crippen LogP contribution in [0.1, 0.15) is 30.7 Å². The van der Waals surface area contributed by atoms with Gasteiger partial charge in [0.25, 0.3) is 0 Å². The third-order valence-electron chi connectivity index (χ3n) is 3.34. The summed E-state index contributed by atoms with van der Waals surface area (Å²) >= 11 is 0. The van der Waals surface area contributed by atoms with Crippen LogP contribution in [0, 0.1) is 0 Å². The first-order valence-electron chi connectivity index (χ1n) is 6.12. The van der Waals surface area contributed by atoms with Crippen LogP contribution in [0.3, 0.4) is 0 Å². The van der Waals surface area contributed by atoms with Gasteiger partial charge in [0.1, 0.15) is 0 Å². The minimum atomic E-state index is -0.740. The summed E-state index contributed by atoms with van der Waals surface area (Å²) in [6, 6.07) is 3.59. The van der Waals surface area contributed by atoms with E-state index in [0.29, 0.717) is 6.42 Å². The molecule has 1 N–H and O–H groups in total. The highest BCUT2D eigenvalue weighted by atomic mass is 16.4.